The topological polar surface area (TPSA) is 27.7 Å². The molecule has 39 heavy (non-hydrogen) atoms. The predicted octanol–water partition coefficient (Wildman–Crippen LogP) is 9.25. The van der Waals surface area contributed by atoms with Crippen LogP contribution in [-0.4, -0.2) is 25.9 Å². The van der Waals surface area contributed by atoms with Crippen LogP contribution in [0.25, 0.3) is 0 Å². The first-order chi connectivity index (χ1) is 19.0. The Morgan fingerprint density at radius 1 is 0.821 bits per heavy atom. The summed E-state index contributed by atoms with van der Waals surface area (Å²) in [5.74, 6) is -1.17. The number of rotatable bonds is 13. The highest BCUT2D eigenvalue weighted by atomic mass is 19.2. The molecule has 0 N–H and O–H groups in total. The van der Waals surface area contributed by atoms with Gasteiger partial charge in [-0.05, 0) is 111 Å². The molecule has 0 unspecified atom stereocenters. The molecule has 0 amide bonds. The molecule has 0 aromatic heterocycles. The van der Waals surface area contributed by atoms with Crippen LogP contribution in [0.15, 0.2) is 43.0 Å². The summed E-state index contributed by atoms with van der Waals surface area (Å²) in [7, 11) is 0. The molecule has 2 aromatic rings. The maximum absolute atomic E-state index is 15.0. The Morgan fingerprint density at radius 2 is 1.54 bits per heavy atom. The fourth-order valence-corrected chi connectivity index (χ4v) is 5.92. The molecule has 6 heteroatoms. The van der Waals surface area contributed by atoms with Crippen molar-refractivity contribution >= 4 is 0 Å². The number of unbranched alkanes of at least 4 members (excludes halogenated alkanes) is 1. The van der Waals surface area contributed by atoms with E-state index in [-0.39, 0.29) is 41.2 Å². The van der Waals surface area contributed by atoms with Crippen LogP contribution in [-0.2, 0) is 4.74 Å². The summed E-state index contributed by atoms with van der Waals surface area (Å²) in [6, 6.07) is 8.52. The van der Waals surface area contributed by atoms with Gasteiger partial charge in [-0.1, -0.05) is 31.6 Å². The van der Waals surface area contributed by atoms with Crippen LogP contribution in [0, 0.1) is 23.4 Å². The van der Waals surface area contributed by atoms with E-state index in [1.54, 1.807) is 30.3 Å². The van der Waals surface area contributed by atoms with Crippen molar-refractivity contribution in [3.63, 3.8) is 0 Å². The zero-order valence-corrected chi connectivity index (χ0v) is 23.2. The Labute approximate surface area is 231 Å². The van der Waals surface area contributed by atoms with Crippen LogP contribution in [0.2, 0.25) is 0 Å². The summed E-state index contributed by atoms with van der Waals surface area (Å²) in [6.45, 7) is 7.33. The second-order valence-corrected chi connectivity index (χ2v) is 11.1. The first-order valence-electron chi connectivity index (χ1n) is 14.8. The summed E-state index contributed by atoms with van der Waals surface area (Å²) in [6.07, 6.45) is 11.8. The van der Waals surface area contributed by atoms with Crippen LogP contribution < -0.4 is 9.47 Å². The van der Waals surface area contributed by atoms with Gasteiger partial charge in [0.15, 0.2) is 23.1 Å². The van der Waals surface area contributed by atoms with Gasteiger partial charge in [-0.2, -0.15) is 4.39 Å². The van der Waals surface area contributed by atoms with Crippen molar-refractivity contribution in [2.75, 3.05) is 19.8 Å². The van der Waals surface area contributed by atoms with Gasteiger partial charge < -0.3 is 14.2 Å². The minimum Gasteiger partial charge on any atom is -0.490 e. The molecule has 2 aliphatic carbocycles. The lowest BCUT2D eigenvalue weighted by Crippen LogP contribution is -2.22. The van der Waals surface area contributed by atoms with Crippen molar-refractivity contribution in [2.24, 2.45) is 5.92 Å². The molecule has 0 aliphatic heterocycles. The van der Waals surface area contributed by atoms with E-state index in [1.165, 1.54) is 0 Å². The molecule has 0 spiro atoms. The molecule has 0 saturated heterocycles. The molecular formula is C33H43F3O3. The van der Waals surface area contributed by atoms with Crippen molar-refractivity contribution < 1.29 is 27.4 Å². The molecule has 0 bridgehead atoms. The fraction of sp³-hybridized carbons (Fsp3) is 0.576. The third-order valence-electron chi connectivity index (χ3n) is 8.37. The van der Waals surface area contributed by atoms with Crippen LogP contribution in [0.4, 0.5) is 13.2 Å². The predicted molar refractivity (Wildman–Crippen MR) is 149 cm³/mol. The quantitative estimate of drug-likeness (QED) is 0.186. The number of benzene rings is 2. The van der Waals surface area contributed by atoms with E-state index in [4.69, 9.17) is 14.2 Å². The molecular weight excluding hydrogens is 501 g/mol. The molecule has 4 rings (SSSR count). The van der Waals surface area contributed by atoms with Gasteiger partial charge in [-0.25, -0.2) is 8.78 Å². The van der Waals surface area contributed by atoms with Crippen LogP contribution in [0.5, 0.6) is 11.5 Å². The molecule has 3 nitrogen and oxygen atoms in total. The second-order valence-electron chi connectivity index (χ2n) is 11.1. The zero-order chi connectivity index (χ0) is 27.6. The van der Waals surface area contributed by atoms with E-state index < -0.39 is 11.6 Å². The maximum atomic E-state index is 15.0. The van der Waals surface area contributed by atoms with E-state index in [0.29, 0.717) is 25.2 Å². The molecule has 214 valence electrons. The van der Waals surface area contributed by atoms with Crippen molar-refractivity contribution in [1.82, 2.24) is 0 Å². The first kappa shape index (κ1) is 29.5. The average Bonchev–Trinajstić information content (AvgIpc) is 2.96. The highest BCUT2D eigenvalue weighted by molar-refractivity contribution is 5.34. The Hall–Kier alpha value is -2.47. The van der Waals surface area contributed by atoms with Gasteiger partial charge in [0.2, 0.25) is 5.82 Å². The molecule has 0 heterocycles. The normalized spacial score (nSPS) is 23.4. The average molecular weight is 545 g/mol. The van der Waals surface area contributed by atoms with E-state index in [2.05, 4.69) is 13.5 Å². The van der Waals surface area contributed by atoms with Crippen molar-refractivity contribution in [3.8, 4) is 11.5 Å². The third kappa shape index (κ3) is 8.03. The number of hydrogen-bond acceptors (Lipinski definition) is 3. The molecule has 2 aliphatic rings. The third-order valence-corrected chi connectivity index (χ3v) is 8.37. The minimum absolute atomic E-state index is 0.0101. The summed E-state index contributed by atoms with van der Waals surface area (Å²) >= 11 is 0. The van der Waals surface area contributed by atoms with Gasteiger partial charge in [0.05, 0.1) is 19.3 Å². The fourth-order valence-electron chi connectivity index (χ4n) is 5.92. The Kier molecular flexibility index (Phi) is 11.2. The zero-order valence-electron chi connectivity index (χ0n) is 23.2. The number of hydrogen-bond donors (Lipinski definition) is 0. The van der Waals surface area contributed by atoms with Crippen LogP contribution in [0.1, 0.15) is 101 Å². The summed E-state index contributed by atoms with van der Waals surface area (Å²) < 4.78 is 61.6. The molecule has 0 atom stereocenters. The lowest BCUT2D eigenvalue weighted by molar-refractivity contribution is 0.0230. The van der Waals surface area contributed by atoms with Gasteiger partial charge in [-0.3, -0.25) is 0 Å². The van der Waals surface area contributed by atoms with E-state index >= 15 is 4.39 Å². The molecule has 2 saturated carbocycles. The number of ether oxygens (including phenoxy) is 3. The standard InChI is InChI=1S/C33H43F3O3/c1-3-5-19-37-27-14-11-25(12-15-27)28-16-18-31(33(36)32(28)35)39-22-23-7-9-24(10-8-23)26-13-17-30(29(34)21-26)38-20-6-4-2/h4,13,16-18,21,23-25,27H,2-3,5-12,14-15,19-20,22H2,1H3. The largest absolute Gasteiger partial charge is 0.490 e. The summed E-state index contributed by atoms with van der Waals surface area (Å²) in [5, 5.41) is 0. The van der Waals surface area contributed by atoms with Gasteiger partial charge in [0.1, 0.15) is 0 Å². The lowest BCUT2D eigenvalue weighted by atomic mass is 9.79. The number of halogens is 3. The SMILES string of the molecule is C=CCCOc1ccc(C2CCC(COc3ccc(C4CCC(OCCCC)CC4)c(F)c3F)CC2)cc1F. The maximum Gasteiger partial charge on any atom is 0.200 e. The first-order valence-corrected chi connectivity index (χ1v) is 14.8. The molecule has 2 fully saturated rings. The van der Waals surface area contributed by atoms with Gasteiger partial charge in [0, 0.05) is 6.61 Å². The van der Waals surface area contributed by atoms with E-state index in [9.17, 15) is 8.78 Å². The highest BCUT2D eigenvalue weighted by Crippen LogP contribution is 2.39. The Bertz CT molecular complexity index is 1060. The van der Waals surface area contributed by atoms with E-state index in [0.717, 1.165) is 76.4 Å². The monoisotopic (exact) mass is 544 g/mol. The van der Waals surface area contributed by atoms with Gasteiger partial charge in [0.25, 0.3) is 0 Å². The smallest absolute Gasteiger partial charge is 0.200 e. The van der Waals surface area contributed by atoms with Crippen molar-refractivity contribution in [3.05, 3.63) is 71.6 Å². The Balaban J connectivity index is 1.24. The van der Waals surface area contributed by atoms with Gasteiger partial charge in [-0.15, -0.1) is 6.58 Å². The van der Waals surface area contributed by atoms with Crippen molar-refractivity contribution in [1.29, 1.82) is 0 Å². The minimum atomic E-state index is -0.881. The molecule has 2 aromatic carbocycles. The highest BCUT2D eigenvalue weighted by Gasteiger charge is 2.28. The van der Waals surface area contributed by atoms with Crippen molar-refractivity contribution in [2.45, 2.75) is 95.5 Å². The molecule has 0 radical (unpaired) electrons. The second kappa shape index (κ2) is 14.8. The van der Waals surface area contributed by atoms with Crippen LogP contribution >= 0.6 is 0 Å². The van der Waals surface area contributed by atoms with E-state index in [1.807, 2.05) is 6.07 Å². The summed E-state index contributed by atoms with van der Waals surface area (Å²) in [4.78, 5) is 0. The summed E-state index contributed by atoms with van der Waals surface area (Å²) in [5.41, 5.74) is 1.44. The van der Waals surface area contributed by atoms with Crippen LogP contribution in [0.3, 0.4) is 0 Å². The van der Waals surface area contributed by atoms with Gasteiger partial charge >= 0.3 is 0 Å². The lowest BCUT2D eigenvalue weighted by Gasteiger charge is -2.30. The Morgan fingerprint density at radius 3 is 2.23 bits per heavy atom.